The number of nitrogens with zero attached hydrogens (tertiary/aromatic N) is 2. The molecule has 5 nitrogen and oxygen atoms in total. The van der Waals surface area contributed by atoms with Gasteiger partial charge in [0.2, 0.25) is 5.91 Å². The Kier molecular flexibility index (Phi) is 5.55. The van der Waals surface area contributed by atoms with Crippen LogP contribution in [0.25, 0.3) is 0 Å². The largest absolute Gasteiger partial charge is 0.393 e. The molecule has 2 amide bonds. The molecule has 2 rings (SSSR count). The summed E-state index contributed by atoms with van der Waals surface area (Å²) in [4.78, 5) is 27.6. The second-order valence-corrected chi connectivity index (χ2v) is 5.91. The standard InChI is InChI=1S/C17H24N2O3/c1-13(20)10-12-18(2)17(22)14-6-8-15(9-7-14)19-11-4-3-5-16(19)21/h6-9,13,20H,3-5,10-12H2,1-2H3/t13-/m1/s1. The molecule has 1 aromatic rings. The van der Waals surface area contributed by atoms with Gasteiger partial charge in [-0.3, -0.25) is 9.59 Å². The van der Waals surface area contributed by atoms with Gasteiger partial charge in [-0.25, -0.2) is 0 Å². The van der Waals surface area contributed by atoms with Gasteiger partial charge in [-0.2, -0.15) is 0 Å². The van der Waals surface area contributed by atoms with Crippen LogP contribution in [-0.2, 0) is 4.79 Å². The number of amides is 2. The number of hydrogen-bond acceptors (Lipinski definition) is 3. The van der Waals surface area contributed by atoms with Crippen molar-refractivity contribution in [1.82, 2.24) is 4.90 Å². The third-order valence-electron chi connectivity index (χ3n) is 3.98. The van der Waals surface area contributed by atoms with Gasteiger partial charge in [0.1, 0.15) is 0 Å². The minimum atomic E-state index is -0.414. The maximum Gasteiger partial charge on any atom is 0.253 e. The van der Waals surface area contributed by atoms with Gasteiger partial charge in [0, 0.05) is 37.8 Å². The molecule has 1 aliphatic heterocycles. The first-order valence-corrected chi connectivity index (χ1v) is 7.83. The molecule has 1 saturated heterocycles. The fourth-order valence-electron chi connectivity index (χ4n) is 2.57. The summed E-state index contributed by atoms with van der Waals surface area (Å²) in [5, 5.41) is 9.28. The lowest BCUT2D eigenvalue weighted by molar-refractivity contribution is -0.119. The number of piperidine rings is 1. The van der Waals surface area contributed by atoms with E-state index in [0.717, 1.165) is 25.1 Å². The molecule has 0 aliphatic carbocycles. The lowest BCUT2D eigenvalue weighted by Crippen LogP contribution is -2.35. The van der Waals surface area contributed by atoms with Crippen molar-refractivity contribution in [2.75, 3.05) is 25.0 Å². The highest BCUT2D eigenvalue weighted by atomic mass is 16.3. The number of benzene rings is 1. The molecule has 0 aromatic heterocycles. The summed E-state index contributed by atoms with van der Waals surface area (Å²) in [6.45, 7) is 2.98. The number of hydrogen-bond donors (Lipinski definition) is 1. The predicted molar refractivity (Wildman–Crippen MR) is 85.9 cm³/mol. The number of carbonyl (C=O) groups is 2. The summed E-state index contributed by atoms with van der Waals surface area (Å²) in [6, 6.07) is 7.19. The van der Waals surface area contributed by atoms with E-state index in [4.69, 9.17) is 0 Å². The average Bonchev–Trinajstić information content (AvgIpc) is 2.52. The van der Waals surface area contributed by atoms with Gasteiger partial charge in [0.05, 0.1) is 6.10 Å². The van der Waals surface area contributed by atoms with Crippen molar-refractivity contribution in [3.05, 3.63) is 29.8 Å². The van der Waals surface area contributed by atoms with Gasteiger partial charge in [0.15, 0.2) is 0 Å². The van der Waals surface area contributed by atoms with Gasteiger partial charge in [-0.15, -0.1) is 0 Å². The van der Waals surface area contributed by atoms with Crippen molar-refractivity contribution in [1.29, 1.82) is 0 Å². The van der Waals surface area contributed by atoms with Gasteiger partial charge >= 0.3 is 0 Å². The van der Waals surface area contributed by atoms with E-state index in [-0.39, 0.29) is 11.8 Å². The van der Waals surface area contributed by atoms with E-state index in [0.29, 0.717) is 24.9 Å². The van der Waals surface area contributed by atoms with Crippen molar-refractivity contribution in [2.45, 2.75) is 38.7 Å². The Morgan fingerprint density at radius 2 is 2.00 bits per heavy atom. The first-order valence-electron chi connectivity index (χ1n) is 7.83. The highest BCUT2D eigenvalue weighted by Crippen LogP contribution is 2.21. The second kappa shape index (κ2) is 7.40. The van der Waals surface area contributed by atoms with E-state index < -0.39 is 6.10 Å². The zero-order chi connectivity index (χ0) is 16.1. The Hall–Kier alpha value is -1.88. The summed E-state index contributed by atoms with van der Waals surface area (Å²) in [5.41, 5.74) is 1.45. The molecule has 0 saturated carbocycles. The molecular formula is C17H24N2O3. The summed E-state index contributed by atoms with van der Waals surface area (Å²) in [7, 11) is 1.73. The molecule has 1 heterocycles. The summed E-state index contributed by atoms with van der Waals surface area (Å²) in [6.07, 6.45) is 2.72. The van der Waals surface area contributed by atoms with Crippen LogP contribution in [0.3, 0.4) is 0 Å². The van der Waals surface area contributed by atoms with Crippen molar-refractivity contribution in [2.24, 2.45) is 0 Å². The van der Waals surface area contributed by atoms with Gasteiger partial charge in [0.25, 0.3) is 5.91 Å². The molecule has 22 heavy (non-hydrogen) atoms. The van der Waals surface area contributed by atoms with E-state index in [1.165, 1.54) is 0 Å². The number of aliphatic hydroxyl groups is 1. The van der Waals surface area contributed by atoms with Gasteiger partial charge in [-0.1, -0.05) is 0 Å². The lowest BCUT2D eigenvalue weighted by Gasteiger charge is -2.27. The minimum Gasteiger partial charge on any atom is -0.393 e. The van der Waals surface area contributed by atoms with Crippen LogP contribution in [0.5, 0.6) is 0 Å². The van der Waals surface area contributed by atoms with Crippen molar-refractivity contribution < 1.29 is 14.7 Å². The van der Waals surface area contributed by atoms with E-state index >= 15 is 0 Å². The Morgan fingerprint density at radius 1 is 1.32 bits per heavy atom. The summed E-state index contributed by atoms with van der Waals surface area (Å²) < 4.78 is 0. The molecule has 1 aromatic carbocycles. The van der Waals surface area contributed by atoms with E-state index in [1.807, 2.05) is 12.1 Å². The van der Waals surface area contributed by atoms with Crippen LogP contribution >= 0.6 is 0 Å². The fraction of sp³-hybridized carbons (Fsp3) is 0.529. The molecule has 0 unspecified atom stereocenters. The molecule has 0 radical (unpaired) electrons. The van der Waals surface area contributed by atoms with Gasteiger partial charge in [-0.05, 0) is 50.5 Å². The normalized spacial score (nSPS) is 16.5. The highest BCUT2D eigenvalue weighted by Gasteiger charge is 2.20. The lowest BCUT2D eigenvalue weighted by atomic mass is 10.1. The fourth-order valence-corrected chi connectivity index (χ4v) is 2.57. The number of anilines is 1. The predicted octanol–water partition coefficient (Wildman–Crippen LogP) is 2.05. The van der Waals surface area contributed by atoms with Crippen LogP contribution in [-0.4, -0.2) is 48.1 Å². The Balaban J connectivity index is 2.01. The zero-order valence-corrected chi connectivity index (χ0v) is 13.3. The SMILES string of the molecule is C[C@@H](O)CCN(C)C(=O)c1ccc(N2CCCCC2=O)cc1. The van der Waals surface area contributed by atoms with Crippen molar-refractivity contribution in [3.8, 4) is 0 Å². The molecule has 1 atom stereocenters. The molecule has 1 aliphatic rings. The molecule has 1 N–H and O–H groups in total. The van der Waals surface area contributed by atoms with Crippen LogP contribution in [0.2, 0.25) is 0 Å². The van der Waals surface area contributed by atoms with Crippen LogP contribution in [0.4, 0.5) is 5.69 Å². The van der Waals surface area contributed by atoms with Crippen LogP contribution < -0.4 is 4.90 Å². The zero-order valence-electron chi connectivity index (χ0n) is 13.3. The monoisotopic (exact) mass is 304 g/mol. The molecule has 1 fully saturated rings. The maximum absolute atomic E-state index is 12.3. The van der Waals surface area contributed by atoms with Crippen LogP contribution in [0.1, 0.15) is 43.0 Å². The molecule has 120 valence electrons. The summed E-state index contributed by atoms with van der Waals surface area (Å²) in [5.74, 6) is 0.0801. The van der Waals surface area contributed by atoms with E-state index in [9.17, 15) is 14.7 Å². The third-order valence-corrected chi connectivity index (χ3v) is 3.98. The first-order chi connectivity index (χ1) is 10.5. The average molecular weight is 304 g/mol. The maximum atomic E-state index is 12.3. The number of aliphatic hydroxyl groups excluding tert-OH is 1. The van der Waals surface area contributed by atoms with Crippen LogP contribution in [0, 0.1) is 0 Å². The third kappa shape index (κ3) is 4.07. The number of rotatable bonds is 5. The summed E-state index contributed by atoms with van der Waals surface area (Å²) >= 11 is 0. The van der Waals surface area contributed by atoms with E-state index in [1.54, 1.807) is 35.9 Å². The molecular weight excluding hydrogens is 280 g/mol. The molecule has 5 heteroatoms. The topological polar surface area (TPSA) is 60.9 Å². The molecule has 0 bridgehead atoms. The Bertz CT molecular complexity index is 525. The quantitative estimate of drug-likeness (QED) is 0.905. The number of carbonyl (C=O) groups excluding carboxylic acids is 2. The Labute approximate surface area is 131 Å². The minimum absolute atomic E-state index is 0.0721. The smallest absolute Gasteiger partial charge is 0.253 e. The van der Waals surface area contributed by atoms with Crippen LogP contribution in [0.15, 0.2) is 24.3 Å². The Morgan fingerprint density at radius 3 is 2.59 bits per heavy atom. The van der Waals surface area contributed by atoms with Gasteiger partial charge < -0.3 is 14.9 Å². The van der Waals surface area contributed by atoms with Crippen molar-refractivity contribution >= 4 is 17.5 Å². The van der Waals surface area contributed by atoms with Crippen molar-refractivity contribution in [3.63, 3.8) is 0 Å². The first kappa shape index (κ1) is 16.5. The highest BCUT2D eigenvalue weighted by molar-refractivity contribution is 5.96. The van der Waals surface area contributed by atoms with E-state index in [2.05, 4.69) is 0 Å². The second-order valence-electron chi connectivity index (χ2n) is 5.91. The molecule has 0 spiro atoms.